The third kappa shape index (κ3) is 2.24. The number of para-hydroxylation sites is 1. The number of hydrogen-bond donors (Lipinski definition) is 1. The van der Waals surface area contributed by atoms with Crippen LogP contribution in [-0.2, 0) is 4.79 Å². The number of nitro groups is 1. The average molecular weight is 396 g/mol. The van der Waals surface area contributed by atoms with Gasteiger partial charge >= 0.3 is 0 Å². The predicted molar refractivity (Wildman–Crippen MR) is 98.8 cm³/mol. The van der Waals surface area contributed by atoms with E-state index in [0.717, 1.165) is 0 Å². The molecule has 2 aromatic rings. The van der Waals surface area contributed by atoms with Crippen molar-refractivity contribution in [1.29, 1.82) is 0 Å². The van der Waals surface area contributed by atoms with Crippen LogP contribution in [0.25, 0.3) is 0 Å². The second-order valence-electron chi connectivity index (χ2n) is 7.26. The number of benzene rings is 2. The SMILES string of the molecule is CC(=O)N1c2ccccc2C(=O)[C@@H]1[C@H]1c2ccc3c(c2[C@H](O)[C@@H]1[N+](=O)[O-])OCO3. The van der Waals surface area contributed by atoms with Crippen molar-refractivity contribution in [1.82, 2.24) is 0 Å². The highest BCUT2D eigenvalue weighted by Crippen LogP contribution is 2.54. The molecule has 9 heteroatoms. The summed E-state index contributed by atoms with van der Waals surface area (Å²) in [7, 11) is 0. The van der Waals surface area contributed by atoms with Crippen molar-refractivity contribution in [2.75, 3.05) is 11.7 Å². The van der Waals surface area contributed by atoms with Crippen LogP contribution in [0.4, 0.5) is 5.69 Å². The molecule has 29 heavy (non-hydrogen) atoms. The zero-order chi connectivity index (χ0) is 20.4. The number of Topliss-reactive ketones (excluding diaryl/α,β-unsaturated/α-hetero) is 1. The summed E-state index contributed by atoms with van der Waals surface area (Å²) in [5.41, 5.74) is 1.42. The Morgan fingerprint density at radius 1 is 1.24 bits per heavy atom. The number of aliphatic hydroxyl groups excluding tert-OH is 1. The Hall–Kier alpha value is -3.46. The van der Waals surface area contributed by atoms with Gasteiger partial charge in [-0.15, -0.1) is 0 Å². The van der Waals surface area contributed by atoms with Gasteiger partial charge in [0.05, 0.1) is 11.6 Å². The molecule has 1 N–H and O–H groups in total. The number of aliphatic hydroxyl groups is 1. The highest BCUT2D eigenvalue weighted by atomic mass is 16.7. The van der Waals surface area contributed by atoms with Crippen LogP contribution in [0.5, 0.6) is 11.5 Å². The number of fused-ring (bicyclic) bond motifs is 4. The number of carbonyl (C=O) groups excluding carboxylic acids is 2. The maximum Gasteiger partial charge on any atom is 0.252 e. The van der Waals surface area contributed by atoms with Gasteiger partial charge < -0.3 is 19.5 Å². The molecule has 9 nitrogen and oxygen atoms in total. The summed E-state index contributed by atoms with van der Waals surface area (Å²) in [5, 5.41) is 22.8. The number of rotatable bonds is 2. The average Bonchev–Trinajstić information content (AvgIpc) is 3.34. The number of ketones is 1. The molecule has 0 fully saturated rings. The number of nitrogens with zero attached hydrogens (tertiary/aromatic N) is 2. The quantitative estimate of drug-likeness (QED) is 0.607. The first kappa shape index (κ1) is 17.6. The molecule has 0 spiro atoms. The molecule has 2 aromatic carbocycles. The molecule has 2 aliphatic heterocycles. The standard InChI is InChI=1S/C20H16N2O7/c1-9(23)21-12-5-3-2-4-10(12)18(24)16(21)14-11-6-7-13-20(29-8-28-13)15(11)19(25)17(14)22(26)27/h2-7,14,16-17,19,25H,8H2,1H3/t14-,16+,17-,19+/m1/s1. The molecule has 0 saturated heterocycles. The number of carbonyl (C=O) groups is 2. The lowest BCUT2D eigenvalue weighted by Crippen LogP contribution is -2.47. The molecule has 5 rings (SSSR count). The van der Waals surface area contributed by atoms with E-state index >= 15 is 0 Å². The van der Waals surface area contributed by atoms with Crippen molar-refractivity contribution in [2.24, 2.45) is 0 Å². The van der Waals surface area contributed by atoms with E-state index in [0.29, 0.717) is 22.6 Å². The highest BCUT2D eigenvalue weighted by molar-refractivity contribution is 6.18. The molecular formula is C20H16N2O7. The normalized spacial score (nSPS) is 26.4. The fourth-order valence-electron chi connectivity index (χ4n) is 4.77. The maximum atomic E-state index is 13.3. The maximum absolute atomic E-state index is 13.3. The Morgan fingerprint density at radius 3 is 2.72 bits per heavy atom. The van der Waals surface area contributed by atoms with Crippen LogP contribution in [0, 0.1) is 10.1 Å². The van der Waals surface area contributed by atoms with Gasteiger partial charge in [-0.05, 0) is 23.8 Å². The summed E-state index contributed by atoms with van der Waals surface area (Å²) in [6.45, 7) is 1.26. The lowest BCUT2D eigenvalue weighted by atomic mass is 9.87. The topological polar surface area (TPSA) is 119 Å². The van der Waals surface area contributed by atoms with Gasteiger partial charge in [0.25, 0.3) is 6.04 Å². The van der Waals surface area contributed by atoms with Crippen molar-refractivity contribution >= 4 is 17.4 Å². The lowest BCUT2D eigenvalue weighted by molar-refractivity contribution is -0.537. The van der Waals surface area contributed by atoms with E-state index < -0.39 is 34.9 Å². The molecule has 4 atom stereocenters. The van der Waals surface area contributed by atoms with Gasteiger partial charge in [-0.1, -0.05) is 18.2 Å². The molecule has 148 valence electrons. The second kappa shape index (κ2) is 6.02. The first-order valence-electron chi connectivity index (χ1n) is 9.08. The largest absolute Gasteiger partial charge is 0.454 e. The van der Waals surface area contributed by atoms with Gasteiger partial charge in [0.2, 0.25) is 12.7 Å². The summed E-state index contributed by atoms with van der Waals surface area (Å²) >= 11 is 0. The van der Waals surface area contributed by atoms with Crippen LogP contribution >= 0.6 is 0 Å². The van der Waals surface area contributed by atoms with E-state index in [4.69, 9.17) is 9.47 Å². The monoisotopic (exact) mass is 396 g/mol. The van der Waals surface area contributed by atoms with E-state index in [1.807, 2.05) is 0 Å². The minimum absolute atomic E-state index is 0.0559. The van der Waals surface area contributed by atoms with Gasteiger partial charge in [-0.3, -0.25) is 19.7 Å². The molecule has 0 bridgehead atoms. The first-order valence-corrected chi connectivity index (χ1v) is 9.08. The smallest absolute Gasteiger partial charge is 0.252 e. The van der Waals surface area contributed by atoms with Crippen molar-refractivity contribution in [3.63, 3.8) is 0 Å². The Labute approximate surface area is 164 Å². The molecular weight excluding hydrogens is 380 g/mol. The van der Waals surface area contributed by atoms with Crippen LogP contribution in [0.1, 0.15) is 40.4 Å². The third-order valence-electron chi connectivity index (χ3n) is 5.86. The Bertz CT molecular complexity index is 1080. The molecule has 0 radical (unpaired) electrons. The van der Waals surface area contributed by atoms with E-state index in [2.05, 4.69) is 0 Å². The molecule has 1 amide bonds. The molecule has 0 aromatic heterocycles. The van der Waals surface area contributed by atoms with Crippen LogP contribution in [0.3, 0.4) is 0 Å². The molecule has 2 heterocycles. The fourth-order valence-corrected chi connectivity index (χ4v) is 4.77. The minimum atomic E-state index is -1.51. The number of amides is 1. The van der Waals surface area contributed by atoms with Gasteiger partial charge in [-0.25, -0.2) is 0 Å². The summed E-state index contributed by atoms with van der Waals surface area (Å²) in [6.07, 6.45) is -1.49. The Balaban J connectivity index is 1.72. The van der Waals surface area contributed by atoms with Crippen LogP contribution in [0.15, 0.2) is 36.4 Å². The van der Waals surface area contributed by atoms with E-state index in [-0.39, 0.29) is 23.9 Å². The summed E-state index contributed by atoms with van der Waals surface area (Å²) < 4.78 is 10.8. The predicted octanol–water partition coefficient (Wildman–Crippen LogP) is 1.81. The molecule has 0 unspecified atom stereocenters. The first-order chi connectivity index (χ1) is 13.9. The summed E-state index contributed by atoms with van der Waals surface area (Å²) in [4.78, 5) is 38.4. The van der Waals surface area contributed by atoms with Crippen molar-refractivity contribution in [3.05, 3.63) is 63.2 Å². The van der Waals surface area contributed by atoms with Gasteiger partial charge in [0.15, 0.2) is 23.4 Å². The van der Waals surface area contributed by atoms with Crippen molar-refractivity contribution in [2.45, 2.75) is 31.0 Å². The fraction of sp³-hybridized carbons (Fsp3) is 0.300. The zero-order valence-electron chi connectivity index (χ0n) is 15.3. The van der Waals surface area contributed by atoms with Crippen molar-refractivity contribution < 1.29 is 29.1 Å². The zero-order valence-corrected chi connectivity index (χ0v) is 15.3. The molecule has 0 saturated carbocycles. The number of anilines is 1. The number of hydrogen-bond acceptors (Lipinski definition) is 7. The third-order valence-corrected chi connectivity index (χ3v) is 5.86. The van der Waals surface area contributed by atoms with E-state index in [1.54, 1.807) is 36.4 Å². The van der Waals surface area contributed by atoms with Gasteiger partial charge in [0, 0.05) is 23.0 Å². The van der Waals surface area contributed by atoms with Gasteiger partial charge in [-0.2, -0.15) is 0 Å². The highest BCUT2D eigenvalue weighted by Gasteiger charge is 2.59. The Kier molecular flexibility index (Phi) is 3.66. The molecule has 1 aliphatic carbocycles. The number of ether oxygens (including phenoxy) is 2. The summed E-state index contributed by atoms with van der Waals surface area (Å²) in [6, 6.07) is 7.19. The van der Waals surface area contributed by atoms with E-state index in [9.17, 15) is 24.8 Å². The summed E-state index contributed by atoms with van der Waals surface area (Å²) in [5.74, 6) is -1.19. The van der Waals surface area contributed by atoms with Gasteiger partial charge in [0.1, 0.15) is 6.04 Å². The van der Waals surface area contributed by atoms with Crippen molar-refractivity contribution in [3.8, 4) is 11.5 Å². The van der Waals surface area contributed by atoms with E-state index in [1.165, 1.54) is 11.8 Å². The Morgan fingerprint density at radius 2 is 2.00 bits per heavy atom. The lowest BCUT2D eigenvalue weighted by Gasteiger charge is -2.29. The van der Waals surface area contributed by atoms with Crippen LogP contribution < -0.4 is 14.4 Å². The molecule has 3 aliphatic rings. The second-order valence-corrected chi connectivity index (χ2v) is 7.26. The minimum Gasteiger partial charge on any atom is -0.454 e. The van der Waals surface area contributed by atoms with Crippen LogP contribution in [0.2, 0.25) is 0 Å². The van der Waals surface area contributed by atoms with Crippen LogP contribution in [-0.4, -0.2) is 40.6 Å².